The van der Waals surface area contributed by atoms with Crippen molar-refractivity contribution >= 4 is 11.7 Å². The molecule has 21 heavy (non-hydrogen) atoms. The summed E-state index contributed by atoms with van der Waals surface area (Å²) in [5, 5.41) is 2.99. The van der Waals surface area contributed by atoms with Crippen molar-refractivity contribution in [2.45, 2.75) is 27.7 Å². The fraction of sp³-hybridized carbons (Fsp3) is 0.588. The number of aryl methyl sites for hydroxylation is 2. The number of nitrogens with zero attached hydrogens (tertiary/aromatic N) is 2. The molecule has 0 atom stereocenters. The first-order valence-corrected chi connectivity index (χ1v) is 7.82. The van der Waals surface area contributed by atoms with Crippen LogP contribution in [0.4, 0.5) is 10.5 Å². The van der Waals surface area contributed by atoms with Crippen molar-refractivity contribution in [3.63, 3.8) is 0 Å². The Balaban J connectivity index is 1.88. The molecule has 0 radical (unpaired) electrons. The van der Waals surface area contributed by atoms with Crippen molar-refractivity contribution in [3.8, 4) is 0 Å². The molecular formula is C17H27N3O. The van der Waals surface area contributed by atoms with Crippen molar-refractivity contribution in [3.05, 3.63) is 29.3 Å². The highest BCUT2D eigenvalue weighted by molar-refractivity contribution is 5.74. The zero-order valence-electron chi connectivity index (χ0n) is 13.6. The third-order valence-corrected chi connectivity index (χ3v) is 4.08. The summed E-state index contributed by atoms with van der Waals surface area (Å²) in [7, 11) is 0. The van der Waals surface area contributed by atoms with E-state index in [1.54, 1.807) is 0 Å². The molecule has 1 aliphatic rings. The lowest BCUT2D eigenvalue weighted by atomic mass is 10.1. The SMILES string of the molecule is Cc1ccc(N2CCN(C(=O)NCC(C)C)CC2)cc1C. The Hall–Kier alpha value is -1.71. The van der Waals surface area contributed by atoms with Crippen molar-refractivity contribution in [2.75, 3.05) is 37.6 Å². The van der Waals surface area contributed by atoms with Crippen molar-refractivity contribution in [1.82, 2.24) is 10.2 Å². The van der Waals surface area contributed by atoms with Crippen LogP contribution in [0.25, 0.3) is 0 Å². The molecule has 1 aromatic carbocycles. The first-order chi connectivity index (χ1) is 9.97. The second kappa shape index (κ2) is 6.83. The molecule has 2 amide bonds. The molecule has 0 bridgehead atoms. The number of anilines is 1. The molecule has 1 aliphatic heterocycles. The number of urea groups is 1. The van der Waals surface area contributed by atoms with Gasteiger partial charge in [0.1, 0.15) is 0 Å². The van der Waals surface area contributed by atoms with Crippen LogP contribution in [0, 0.1) is 19.8 Å². The minimum Gasteiger partial charge on any atom is -0.368 e. The van der Waals surface area contributed by atoms with E-state index >= 15 is 0 Å². The van der Waals surface area contributed by atoms with Gasteiger partial charge in [-0.2, -0.15) is 0 Å². The van der Waals surface area contributed by atoms with E-state index in [1.165, 1.54) is 16.8 Å². The van der Waals surface area contributed by atoms with E-state index in [0.29, 0.717) is 5.92 Å². The van der Waals surface area contributed by atoms with E-state index in [9.17, 15) is 4.79 Å². The van der Waals surface area contributed by atoms with Gasteiger partial charge in [-0.05, 0) is 43.0 Å². The largest absolute Gasteiger partial charge is 0.368 e. The van der Waals surface area contributed by atoms with Gasteiger partial charge in [-0.3, -0.25) is 0 Å². The van der Waals surface area contributed by atoms with Gasteiger partial charge in [-0.25, -0.2) is 4.79 Å². The Bertz CT molecular complexity index is 491. The number of carbonyl (C=O) groups excluding carboxylic acids is 1. The number of piperazine rings is 1. The molecular weight excluding hydrogens is 262 g/mol. The van der Waals surface area contributed by atoms with Gasteiger partial charge < -0.3 is 15.1 Å². The first kappa shape index (κ1) is 15.7. The maximum absolute atomic E-state index is 12.0. The Morgan fingerprint density at radius 3 is 2.38 bits per heavy atom. The summed E-state index contributed by atoms with van der Waals surface area (Å²) >= 11 is 0. The van der Waals surface area contributed by atoms with Gasteiger partial charge in [0, 0.05) is 38.4 Å². The Morgan fingerprint density at radius 2 is 1.81 bits per heavy atom. The quantitative estimate of drug-likeness (QED) is 0.928. The predicted octanol–water partition coefficient (Wildman–Crippen LogP) is 2.79. The van der Waals surface area contributed by atoms with Crippen molar-refractivity contribution in [1.29, 1.82) is 0 Å². The first-order valence-electron chi connectivity index (χ1n) is 7.82. The predicted molar refractivity (Wildman–Crippen MR) is 87.9 cm³/mol. The lowest BCUT2D eigenvalue weighted by Gasteiger charge is -2.36. The highest BCUT2D eigenvalue weighted by Crippen LogP contribution is 2.20. The monoisotopic (exact) mass is 289 g/mol. The lowest BCUT2D eigenvalue weighted by Crippen LogP contribution is -2.52. The van der Waals surface area contributed by atoms with Crippen LogP contribution in [0.3, 0.4) is 0 Å². The van der Waals surface area contributed by atoms with E-state index in [0.717, 1.165) is 32.7 Å². The number of carbonyl (C=O) groups is 1. The second-order valence-corrected chi connectivity index (χ2v) is 6.32. The van der Waals surface area contributed by atoms with Crippen molar-refractivity contribution < 1.29 is 4.79 Å². The molecule has 4 nitrogen and oxygen atoms in total. The smallest absolute Gasteiger partial charge is 0.317 e. The van der Waals surface area contributed by atoms with Crippen LogP contribution in [0.15, 0.2) is 18.2 Å². The van der Waals surface area contributed by atoms with Gasteiger partial charge in [0.05, 0.1) is 0 Å². The third kappa shape index (κ3) is 4.13. The van der Waals surface area contributed by atoms with Gasteiger partial charge in [-0.15, -0.1) is 0 Å². The number of hydrogen-bond acceptors (Lipinski definition) is 2. The molecule has 1 heterocycles. The number of hydrogen-bond donors (Lipinski definition) is 1. The summed E-state index contributed by atoms with van der Waals surface area (Å²) in [5.41, 5.74) is 3.91. The van der Waals surface area contributed by atoms with Gasteiger partial charge in [0.25, 0.3) is 0 Å². The molecule has 0 aromatic heterocycles. The molecule has 1 N–H and O–H groups in total. The Labute approximate surface area is 128 Å². The summed E-state index contributed by atoms with van der Waals surface area (Å²) in [4.78, 5) is 16.3. The van der Waals surface area contributed by atoms with Crippen LogP contribution in [0.2, 0.25) is 0 Å². The maximum Gasteiger partial charge on any atom is 0.317 e. The number of nitrogens with one attached hydrogen (secondary N) is 1. The zero-order chi connectivity index (χ0) is 15.4. The summed E-state index contributed by atoms with van der Waals surface area (Å²) in [6.07, 6.45) is 0. The number of amides is 2. The third-order valence-electron chi connectivity index (χ3n) is 4.08. The fourth-order valence-electron chi connectivity index (χ4n) is 2.49. The lowest BCUT2D eigenvalue weighted by molar-refractivity contribution is 0.193. The fourth-order valence-corrected chi connectivity index (χ4v) is 2.49. The highest BCUT2D eigenvalue weighted by atomic mass is 16.2. The van der Waals surface area contributed by atoms with E-state index in [2.05, 4.69) is 56.1 Å². The maximum atomic E-state index is 12.0. The Morgan fingerprint density at radius 1 is 1.14 bits per heavy atom. The highest BCUT2D eigenvalue weighted by Gasteiger charge is 2.21. The normalized spacial score (nSPS) is 15.5. The van der Waals surface area contributed by atoms with Crippen LogP contribution in [0.1, 0.15) is 25.0 Å². The van der Waals surface area contributed by atoms with Crippen LogP contribution >= 0.6 is 0 Å². The average molecular weight is 289 g/mol. The molecule has 0 saturated carbocycles. The van der Waals surface area contributed by atoms with Crippen LogP contribution in [-0.2, 0) is 0 Å². The molecule has 1 saturated heterocycles. The number of benzene rings is 1. The molecule has 116 valence electrons. The summed E-state index contributed by atoms with van der Waals surface area (Å²) in [5.74, 6) is 0.491. The molecule has 0 spiro atoms. The second-order valence-electron chi connectivity index (χ2n) is 6.32. The van der Waals surface area contributed by atoms with Gasteiger partial charge in [-0.1, -0.05) is 19.9 Å². The summed E-state index contributed by atoms with van der Waals surface area (Å²) < 4.78 is 0. The van der Waals surface area contributed by atoms with E-state index < -0.39 is 0 Å². The molecule has 2 rings (SSSR count). The minimum absolute atomic E-state index is 0.0726. The van der Waals surface area contributed by atoms with E-state index in [1.807, 2.05) is 4.90 Å². The molecule has 1 fully saturated rings. The topological polar surface area (TPSA) is 35.6 Å². The van der Waals surface area contributed by atoms with Crippen molar-refractivity contribution in [2.24, 2.45) is 5.92 Å². The molecule has 1 aromatic rings. The minimum atomic E-state index is 0.0726. The van der Waals surface area contributed by atoms with E-state index in [-0.39, 0.29) is 6.03 Å². The van der Waals surface area contributed by atoms with Gasteiger partial charge in [0.15, 0.2) is 0 Å². The zero-order valence-corrected chi connectivity index (χ0v) is 13.6. The molecule has 0 aliphatic carbocycles. The van der Waals surface area contributed by atoms with Crippen LogP contribution < -0.4 is 10.2 Å². The van der Waals surface area contributed by atoms with E-state index in [4.69, 9.17) is 0 Å². The van der Waals surface area contributed by atoms with Crippen LogP contribution in [0.5, 0.6) is 0 Å². The van der Waals surface area contributed by atoms with Crippen LogP contribution in [-0.4, -0.2) is 43.7 Å². The van der Waals surface area contributed by atoms with Gasteiger partial charge >= 0.3 is 6.03 Å². The Kier molecular flexibility index (Phi) is 5.10. The summed E-state index contributed by atoms with van der Waals surface area (Å²) in [6, 6.07) is 6.66. The average Bonchev–Trinajstić information content (AvgIpc) is 2.48. The molecule has 4 heteroatoms. The summed E-state index contributed by atoms with van der Waals surface area (Å²) in [6.45, 7) is 12.6. The molecule has 0 unspecified atom stereocenters. The number of rotatable bonds is 3. The standard InChI is InChI=1S/C17H27N3O/c1-13(2)12-18-17(21)20-9-7-19(8-10-20)16-6-5-14(3)15(4)11-16/h5-6,11,13H,7-10,12H2,1-4H3,(H,18,21). The van der Waals surface area contributed by atoms with Gasteiger partial charge in [0.2, 0.25) is 0 Å².